The third kappa shape index (κ3) is 3.27. The molecule has 0 aliphatic rings. The van der Waals surface area contributed by atoms with Gasteiger partial charge in [-0.05, 0) is 24.3 Å². The second-order valence-corrected chi connectivity index (χ2v) is 4.23. The minimum Gasteiger partial charge on any atom is -0.320 e. The molecule has 1 heterocycles. The Morgan fingerprint density at radius 3 is 2.45 bits per heavy atom. The highest BCUT2D eigenvalue weighted by atomic mass is 35.5. The van der Waals surface area contributed by atoms with E-state index >= 15 is 0 Å². The van der Waals surface area contributed by atoms with Crippen molar-refractivity contribution in [1.82, 2.24) is 4.98 Å². The average molecular weight is 301 g/mol. The van der Waals surface area contributed by atoms with Gasteiger partial charge in [-0.3, -0.25) is 4.79 Å². The molecule has 20 heavy (non-hydrogen) atoms. The highest BCUT2D eigenvalue weighted by Gasteiger charge is 2.33. The Morgan fingerprint density at radius 1 is 1.10 bits per heavy atom. The van der Waals surface area contributed by atoms with E-state index in [2.05, 4.69) is 10.3 Å². The van der Waals surface area contributed by atoms with E-state index in [0.29, 0.717) is 0 Å². The summed E-state index contributed by atoms with van der Waals surface area (Å²) in [5.74, 6) is -0.760. The van der Waals surface area contributed by atoms with Crippen LogP contribution in [0.2, 0.25) is 5.15 Å². The summed E-state index contributed by atoms with van der Waals surface area (Å²) in [7, 11) is 0. The monoisotopic (exact) mass is 300 g/mol. The number of alkyl halides is 3. The number of carbonyl (C=O) groups excluding carboxylic acids is 1. The molecule has 0 atom stereocenters. The Labute approximate surface area is 117 Å². The number of para-hydroxylation sites is 1. The van der Waals surface area contributed by atoms with Crippen LogP contribution in [-0.4, -0.2) is 10.9 Å². The Bertz CT molecular complexity index is 644. The van der Waals surface area contributed by atoms with Gasteiger partial charge in [0.15, 0.2) is 0 Å². The number of carbonyl (C=O) groups is 1. The van der Waals surface area contributed by atoms with Gasteiger partial charge in [0.05, 0.1) is 11.3 Å². The number of hydrogen-bond donors (Lipinski definition) is 1. The molecule has 1 N–H and O–H groups in total. The first kappa shape index (κ1) is 14.3. The summed E-state index contributed by atoms with van der Waals surface area (Å²) in [6, 6.07) is 9.01. The normalized spacial score (nSPS) is 11.2. The first-order chi connectivity index (χ1) is 9.38. The second-order valence-electron chi connectivity index (χ2n) is 3.84. The molecule has 0 fully saturated rings. The molecular formula is C13H8ClF3N2O. The molecule has 2 aromatic rings. The smallest absolute Gasteiger partial charge is 0.320 e. The fraction of sp³-hybridized carbons (Fsp3) is 0.0769. The average Bonchev–Trinajstić information content (AvgIpc) is 2.38. The lowest BCUT2D eigenvalue weighted by molar-refractivity contribution is -0.136. The molecule has 1 amide bonds. The van der Waals surface area contributed by atoms with Crippen LogP contribution in [0.15, 0.2) is 42.5 Å². The molecule has 0 unspecified atom stereocenters. The largest absolute Gasteiger partial charge is 0.418 e. The van der Waals surface area contributed by atoms with E-state index in [1.807, 2.05) is 0 Å². The van der Waals surface area contributed by atoms with Gasteiger partial charge in [-0.2, -0.15) is 13.2 Å². The van der Waals surface area contributed by atoms with E-state index in [4.69, 9.17) is 11.6 Å². The number of anilines is 1. The summed E-state index contributed by atoms with van der Waals surface area (Å²) in [5.41, 5.74) is -1.31. The number of rotatable bonds is 2. The van der Waals surface area contributed by atoms with Gasteiger partial charge in [-0.1, -0.05) is 29.8 Å². The summed E-state index contributed by atoms with van der Waals surface area (Å²) in [4.78, 5) is 15.6. The van der Waals surface area contributed by atoms with Crippen molar-refractivity contribution < 1.29 is 18.0 Å². The van der Waals surface area contributed by atoms with Crippen LogP contribution >= 0.6 is 11.6 Å². The van der Waals surface area contributed by atoms with E-state index in [9.17, 15) is 18.0 Å². The summed E-state index contributed by atoms with van der Waals surface area (Å²) < 4.78 is 38.3. The van der Waals surface area contributed by atoms with Gasteiger partial charge < -0.3 is 5.32 Å². The SMILES string of the molecule is O=C(Nc1ccccc1C(F)(F)F)c1cccc(Cl)n1. The zero-order chi connectivity index (χ0) is 14.8. The number of pyridine rings is 1. The zero-order valence-electron chi connectivity index (χ0n) is 9.91. The van der Waals surface area contributed by atoms with Crippen LogP contribution in [0.25, 0.3) is 0 Å². The van der Waals surface area contributed by atoms with Crippen LogP contribution in [0.3, 0.4) is 0 Å². The molecule has 2 rings (SSSR count). The minimum absolute atomic E-state index is 0.0607. The Morgan fingerprint density at radius 2 is 1.80 bits per heavy atom. The molecule has 0 radical (unpaired) electrons. The minimum atomic E-state index is -4.55. The lowest BCUT2D eigenvalue weighted by atomic mass is 10.1. The number of amides is 1. The molecule has 0 aliphatic heterocycles. The maximum Gasteiger partial charge on any atom is 0.418 e. The fourth-order valence-corrected chi connectivity index (χ4v) is 1.72. The van der Waals surface area contributed by atoms with Gasteiger partial charge in [0, 0.05) is 0 Å². The van der Waals surface area contributed by atoms with Crippen molar-refractivity contribution in [3.8, 4) is 0 Å². The standard InChI is InChI=1S/C13H8ClF3N2O/c14-11-7-3-6-10(18-11)12(20)19-9-5-2-1-4-8(9)13(15,16)17/h1-7H,(H,19,20). The van der Waals surface area contributed by atoms with Crippen LogP contribution in [0.1, 0.15) is 16.1 Å². The lowest BCUT2D eigenvalue weighted by Gasteiger charge is -2.13. The Kier molecular flexibility index (Phi) is 3.94. The maximum atomic E-state index is 12.8. The third-order valence-corrected chi connectivity index (χ3v) is 2.64. The van der Waals surface area contributed by atoms with Gasteiger partial charge in [0.25, 0.3) is 5.91 Å². The van der Waals surface area contributed by atoms with Gasteiger partial charge in [0.2, 0.25) is 0 Å². The lowest BCUT2D eigenvalue weighted by Crippen LogP contribution is -2.17. The quantitative estimate of drug-likeness (QED) is 0.852. The Balaban J connectivity index is 2.29. The molecule has 0 saturated carbocycles. The van der Waals surface area contributed by atoms with Crippen LogP contribution in [-0.2, 0) is 6.18 Å². The highest BCUT2D eigenvalue weighted by Crippen LogP contribution is 2.34. The molecule has 104 valence electrons. The molecular weight excluding hydrogens is 293 g/mol. The molecule has 1 aromatic heterocycles. The number of halogens is 4. The number of hydrogen-bond acceptors (Lipinski definition) is 2. The van der Waals surface area contributed by atoms with E-state index in [-0.39, 0.29) is 16.5 Å². The topological polar surface area (TPSA) is 42.0 Å². The molecule has 1 aromatic carbocycles. The first-order valence-electron chi connectivity index (χ1n) is 5.48. The van der Waals surface area contributed by atoms with Gasteiger partial charge in [0.1, 0.15) is 10.8 Å². The fourth-order valence-electron chi connectivity index (χ4n) is 1.56. The van der Waals surface area contributed by atoms with Crippen molar-refractivity contribution in [3.63, 3.8) is 0 Å². The number of aromatic nitrogens is 1. The van der Waals surface area contributed by atoms with Gasteiger partial charge >= 0.3 is 6.18 Å². The summed E-state index contributed by atoms with van der Waals surface area (Å²) in [5, 5.41) is 2.27. The van der Waals surface area contributed by atoms with Crippen LogP contribution in [0, 0.1) is 0 Å². The molecule has 7 heteroatoms. The van der Waals surface area contributed by atoms with Crippen LogP contribution in [0.5, 0.6) is 0 Å². The third-order valence-electron chi connectivity index (χ3n) is 2.43. The summed E-state index contributed by atoms with van der Waals surface area (Å²) >= 11 is 5.62. The highest BCUT2D eigenvalue weighted by molar-refractivity contribution is 6.29. The number of nitrogens with zero attached hydrogens (tertiary/aromatic N) is 1. The first-order valence-corrected chi connectivity index (χ1v) is 5.86. The molecule has 0 spiro atoms. The van der Waals surface area contributed by atoms with E-state index in [1.165, 1.54) is 36.4 Å². The van der Waals surface area contributed by atoms with Gasteiger partial charge in [-0.15, -0.1) is 0 Å². The van der Waals surface area contributed by atoms with Crippen molar-refractivity contribution in [2.75, 3.05) is 5.32 Å². The van der Waals surface area contributed by atoms with Gasteiger partial charge in [-0.25, -0.2) is 4.98 Å². The summed E-state index contributed by atoms with van der Waals surface area (Å²) in [6.07, 6.45) is -4.55. The van der Waals surface area contributed by atoms with E-state index < -0.39 is 17.6 Å². The molecule has 0 bridgehead atoms. The summed E-state index contributed by atoms with van der Waals surface area (Å²) in [6.45, 7) is 0. The maximum absolute atomic E-state index is 12.8. The van der Waals surface area contributed by atoms with Crippen LogP contribution in [0.4, 0.5) is 18.9 Å². The zero-order valence-corrected chi connectivity index (χ0v) is 10.7. The molecule has 0 saturated heterocycles. The second kappa shape index (κ2) is 5.50. The number of benzene rings is 1. The molecule has 3 nitrogen and oxygen atoms in total. The van der Waals surface area contributed by atoms with Crippen LogP contribution < -0.4 is 5.32 Å². The van der Waals surface area contributed by atoms with E-state index in [0.717, 1.165) is 6.07 Å². The molecule has 0 aliphatic carbocycles. The number of nitrogens with one attached hydrogen (secondary N) is 1. The predicted octanol–water partition coefficient (Wildman–Crippen LogP) is 4.01. The van der Waals surface area contributed by atoms with Crippen molar-refractivity contribution in [2.24, 2.45) is 0 Å². The Hall–Kier alpha value is -2.08. The van der Waals surface area contributed by atoms with Crippen molar-refractivity contribution in [3.05, 3.63) is 58.9 Å². The van der Waals surface area contributed by atoms with Crippen molar-refractivity contribution in [1.29, 1.82) is 0 Å². The van der Waals surface area contributed by atoms with E-state index in [1.54, 1.807) is 0 Å². The van der Waals surface area contributed by atoms with Crippen molar-refractivity contribution >= 4 is 23.2 Å². The van der Waals surface area contributed by atoms with Crippen molar-refractivity contribution in [2.45, 2.75) is 6.18 Å². The predicted molar refractivity (Wildman–Crippen MR) is 68.6 cm³/mol.